The second-order valence-corrected chi connectivity index (χ2v) is 6.67. The Balaban J connectivity index is 1.66. The quantitative estimate of drug-likeness (QED) is 0.510. The van der Waals surface area contributed by atoms with Crippen LogP contribution >= 0.6 is 0 Å². The molecule has 0 unspecified atom stereocenters. The Morgan fingerprint density at radius 2 is 1.63 bits per heavy atom. The second-order valence-electron chi connectivity index (χ2n) is 6.67. The van der Waals surface area contributed by atoms with Crippen molar-refractivity contribution in [3.05, 3.63) is 77.6 Å². The molecule has 2 N–H and O–H groups in total. The van der Waals surface area contributed by atoms with Crippen LogP contribution in [0, 0.1) is 20.8 Å². The van der Waals surface area contributed by atoms with Gasteiger partial charge in [-0.3, -0.25) is 4.98 Å². The number of aryl methyl sites for hydroxylation is 3. The maximum Gasteiger partial charge on any atom is 0.229 e. The molecule has 0 saturated heterocycles. The van der Waals surface area contributed by atoms with E-state index in [1.54, 1.807) is 6.20 Å². The van der Waals surface area contributed by atoms with E-state index in [0.29, 0.717) is 5.95 Å². The minimum Gasteiger partial charge on any atom is -0.340 e. The van der Waals surface area contributed by atoms with E-state index < -0.39 is 0 Å². The Morgan fingerprint density at radius 3 is 2.48 bits per heavy atom. The summed E-state index contributed by atoms with van der Waals surface area (Å²) < 4.78 is 0. The van der Waals surface area contributed by atoms with Gasteiger partial charge < -0.3 is 10.6 Å². The molecule has 0 amide bonds. The van der Waals surface area contributed by atoms with Crippen LogP contribution in [0.1, 0.15) is 16.8 Å². The summed E-state index contributed by atoms with van der Waals surface area (Å²) in [5.41, 5.74) is 6.12. The second kappa shape index (κ2) is 7.03. The maximum absolute atomic E-state index is 4.63. The SMILES string of the molecule is Cc1ccc(Nc2cc(C)nc(Nc3cccc4cccnc34)n2)c(C)c1. The highest BCUT2D eigenvalue weighted by molar-refractivity contribution is 5.91. The van der Waals surface area contributed by atoms with Gasteiger partial charge >= 0.3 is 0 Å². The van der Waals surface area contributed by atoms with Crippen molar-refractivity contribution in [1.29, 1.82) is 0 Å². The summed E-state index contributed by atoms with van der Waals surface area (Å²) in [4.78, 5) is 13.6. The van der Waals surface area contributed by atoms with E-state index in [-0.39, 0.29) is 0 Å². The van der Waals surface area contributed by atoms with Gasteiger partial charge in [0.1, 0.15) is 5.82 Å². The number of para-hydroxylation sites is 1. The zero-order valence-electron chi connectivity index (χ0n) is 15.6. The van der Waals surface area contributed by atoms with E-state index in [0.717, 1.165) is 33.8 Å². The smallest absolute Gasteiger partial charge is 0.229 e. The molecule has 0 spiro atoms. The number of hydrogen-bond donors (Lipinski definition) is 2. The third-order valence-corrected chi connectivity index (χ3v) is 4.38. The van der Waals surface area contributed by atoms with E-state index in [9.17, 15) is 0 Å². The zero-order valence-corrected chi connectivity index (χ0v) is 15.6. The Labute approximate surface area is 158 Å². The minimum absolute atomic E-state index is 0.542. The first-order valence-corrected chi connectivity index (χ1v) is 8.89. The minimum atomic E-state index is 0.542. The highest BCUT2D eigenvalue weighted by Crippen LogP contribution is 2.25. The number of hydrogen-bond acceptors (Lipinski definition) is 5. The number of fused-ring (bicyclic) bond motifs is 1. The molecule has 2 aromatic carbocycles. The van der Waals surface area contributed by atoms with Crippen molar-refractivity contribution in [3.8, 4) is 0 Å². The van der Waals surface area contributed by atoms with E-state index >= 15 is 0 Å². The molecular weight excluding hydrogens is 334 g/mol. The lowest BCUT2D eigenvalue weighted by atomic mass is 10.1. The number of benzene rings is 2. The molecule has 134 valence electrons. The van der Waals surface area contributed by atoms with Crippen molar-refractivity contribution in [2.45, 2.75) is 20.8 Å². The molecule has 0 aliphatic heterocycles. The molecule has 0 radical (unpaired) electrons. The average molecular weight is 355 g/mol. The molecule has 0 fully saturated rings. The molecule has 2 heterocycles. The van der Waals surface area contributed by atoms with Gasteiger partial charge in [0.2, 0.25) is 5.95 Å². The summed E-state index contributed by atoms with van der Waals surface area (Å²) in [6.07, 6.45) is 1.79. The lowest BCUT2D eigenvalue weighted by molar-refractivity contribution is 1.11. The van der Waals surface area contributed by atoms with E-state index in [1.165, 1.54) is 11.1 Å². The first-order valence-electron chi connectivity index (χ1n) is 8.89. The number of aromatic nitrogens is 3. The highest BCUT2D eigenvalue weighted by atomic mass is 15.1. The summed E-state index contributed by atoms with van der Waals surface area (Å²) in [6.45, 7) is 6.14. The number of nitrogens with one attached hydrogen (secondary N) is 2. The monoisotopic (exact) mass is 355 g/mol. The lowest BCUT2D eigenvalue weighted by Crippen LogP contribution is -2.03. The van der Waals surface area contributed by atoms with Crippen LogP contribution in [0.5, 0.6) is 0 Å². The Bertz CT molecular complexity index is 1120. The first kappa shape index (κ1) is 17.0. The van der Waals surface area contributed by atoms with Crippen molar-refractivity contribution in [3.63, 3.8) is 0 Å². The fourth-order valence-corrected chi connectivity index (χ4v) is 3.11. The molecule has 0 saturated carbocycles. The third kappa shape index (κ3) is 3.72. The molecule has 4 rings (SSSR count). The third-order valence-electron chi connectivity index (χ3n) is 4.38. The Kier molecular flexibility index (Phi) is 4.42. The molecule has 0 atom stereocenters. The van der Waals surface area contributed by atoms with Crippen molar-refractivity contribution in [2.24, 2.45) is 0 Å². The molecule has 5 nitrogen and oxygen atoms in total. The van der Waals surface area contributed by atoms with Gasteiger partial charge in [-0.25, -0.2) is 4.98 Å². The largest absolute Gasteiger partial charge is 0.340 e. The van der Waals surface area contributed by atoms with Gasteiger partial charge in [-0.1, -0.05) is 35.9 Å². The summed E-state index contributed by atoms with van der Waals surface area (Å²) in [5.74, 6) is 1.30. The first-order chi connectivity index (χ1) is 13.1. The standard InChI is InChI=1S/C22H21N5/c1-14-9-10-18(15(2)12-14)25-20-13-16(3)24-22(27-20)26-19-8-4-6-17-7-5-11-23-21(17)19/h4-13H,1-3H3,(H2,24,25,26,27). The lowest BCUT2D eigenvalue weighted by Gasteiger charge is -2.13. The summed E-state index contributed by atoms with van der Waals surface area (Å²) in [7, 11) is 0. The molecule has 5 heteroatoms. The summed E-state index contributed by atoms with van der Waals surface area (Å²) in [6, 6.07) is 18.2. The van der Waals surface area contributed by atoms with Crippen LogP contribution in [0.3, 0.4) is 0 Å². The van der Waals surface area contributed by atoms with Crippen molar-refractivity contribution < 1.29 is 0 Å². The zero-order chi connectivity index (χ0) is 18.8. The van der Waals surface area contributed by atoms with Crippen LogP contribution in [0.2, 0.25) is 0 Å². The predicted molar refractivity (Wildman–Crippen MR) is 111 cm³/mol. The van der Waals surface area contributed by atoms with E-state index in [2.05, 4.69) is 57.6 Å². The van der Waals surface area contributed by atoms with Crippen molar-refractivity contribution in [2.75, 3.05) is 10.6 Å². The van der Waals surface area contributed by atoms with Crippen LogP contribution in [-0.4, -0.2) is 15.0 Å². The molecular formula is C22H21N5. The van der Waals surface area contributed by atoms with Gasteiger partial charge in [0.05, 0.1) is 11.2 Å². The maximum atomic E-state index is 4.63. The van der Waals surface area contributed by atoms with E-state index in [1.807, 2.05) is 43.3 Å². The van der Waals surface area contributed by atoms with Gasteiger partial charge in [-0.05, 0) is 44.5 Å². The van der Waals surface area contributed by atoms with Gasteiger partial charge in [0, 0.05) is 29.0 Å². The fraction of sp³-hybridized carbons (Fsp3) is 0.136. The van der Waals surface area contributed by atoms with Gasteiger partial charge in [-0.2, -0.15) is 4.98 Å². The molecule has 2 aromatic heterocycles. The number of pyridine rings is 1. The number of rotatable bonds is 4. The van der Waals surface area contributed by atoms with Crippen LogP contribution in [0.15, 0.2) is 60.8 Å². The van der Waals surface area contributed by atoms with Crippen LogP contribution in [-0.2, 0) is 0 Å². The van der Waals surface area contributed by atoms with Crippen molar-refractivity contribution >= 4 is 34.0 Å². The molecule has 0 bridgehead atoms. The topological polar surface area (TPSA) is 62.7 Å². The molecule has 0 aliphatic carbocycles. The Hall–Kier alpha value is -3.47. The average Bonchev–Trinajstić information content (AvgIpc) is 2.64. The highest BCUT2D eigenvalue weighted by Gasteiger charge is 2.07. The Morgan fingerprint density at radius 1 is 0.778 bits per heavy atom. The predicted octanol–water partition coefficient (Wildman–Crippen LogP) is 5.44. The molecule has 4 aromatic rings. The fourth-order valence-electron chi connectivity index (χ4n) is 3.11. The summed E-state index contributed by atoms with van der Waals surface area (Å²) >= 11 is 0. The van der Waals surface area contributed by atoms with Gasteiger partial charge in [0.25, 0.3) is 0 Å². The normalized spacial score (nSPS) is 10.8. The number of anilines is 4. The van der Waals surface area contributed by atoms with Crippen LogP contribution in [0.4, 0.5) is 23.1 Å². The van der Waals surface area contributed by atoms with Crippen LogP contribution in [0.25, 0.3) is 10.9 Å². The molecule has 27 heavy (non-hydrogen) atoms. The van der Waals surface area contributed by atoms with E-state index in [4.69, 9.17) is 0 Å². The van der Waals surface area contributed by atoms with Crippen molar-refractivity contribution in [1.82, 2.24) is 15.0 Å². The number of nitrogens with zero attached hydrogens (tertiary/aromatic N) is 3. The van der Waals surface area contributed by atoms with Gasteiger partial charge in [-0.15, -0.1) is 0 Å². The summed E-state index contributed by atoms with van der Waals surface area (Å²) in [5, 5.41) is 7.78. The van der Waals surface area contributed by atoms with Gasteiger partial charge in [0.15, 0.2) is 0 Å². The van der Waals surface area contributed by atoms with Crippen LogP contribution < -0.4 is 10.6 Å². The molecule has 0 aliphatic rings.